The van der Waals surface area contributed by atoms with E-state index in [1.165, 1.54) is 23.6 Å². The van der Waals surface area contributed by atoms with Gasteiger partial charge in [-0.25, -0.2) is 0 Å². The van der Waals surface area contributed by atoms with E-state index in [-0.39, 0.29) is 56.6 Å². The van der Waals surface area contributed by atoms with Crippen molar-refractivity contribution in [2.24, 2.45) is 44.4 Å². The molecule has 6 atom stereocenters. The number of carbonyl (C=O) groups excluding carboxylic acids is 8. The van der Waals surface area contributed by atoms with E-state index >= 15 is 0 Å². The molecule has 2 fully saturated rings. The molecule has 2 saturated heterocycles. The predicted molar refractivity (Wildman–Crippen MR) is 222 cm³/mol. The lowest BCUT2D eigenvalue weighted by atomic mass is 10.0. The normalized spacial score (nSPS) is 18.9. The summed E-state index contributed by atoms with van der Waals surface area (Å²) >= 11 is 1.18. The monoisotopic (exact) mass is 855 g/mol. The van der Waals surface area contributed by atoms with E-state index in [1.807, 2.05) is 24.3 Å². The van der Waals surface area contributed by atoms with E-state index in [0.29, 0.717) is 18.4 Å². The van der Waals surface area contributed by atoms with Crippen LogP contribution in [0.25, 0.3) is 10.9 Å². The number of guanidine groups is 2. The number of thioether (sulfide) groups is 1. The minimum atomic E-state index is -1.43. The summed E-state index contributed by atoms with van der Waals surface area (Å²) in [5.41, 5.74) is 34.3. The van der Waals surface area contributed by atoms with E-state index in [1.54, 1.807) is 6.20 Å². The van der Waals surface area contributed by atoms with E-state index in [0.717, 1.165) is 15.8 Å². The van der Waals surface area contributed by atoms with E-state index < -0.39 is 95.8 Å². The maximum absolute atomic E-state index is 14.1. The molecule has 1 unspecified atom stereocenters. The summed E-state index contributed by atoms with van der Waals surface area (Å²) in [5, 5.41) is 10.2. The SMILES string of the molecule is CC(=O)N[C@@H](CCCN=C(N)N)C(=O)N[C@@H](Cc1c[nH]c2ccccc12)C(=O)N[C@H]1CSC2CN(CC(=O)NC(=O)[C@@H](N)CCCN=C(N)N)C(=O)[C@H](CC(N)=O)N2C1=O. The number of primary amides is 1. The summed E-state index contributed by atoms with van der Waals surface area (Å²) in [6, 6.07) is 1.32. The highest BCUT2D eigenvalue weighted by Crippen LogP contribution is 2.32. The van der Waals surface area contributed by atoms with Gasteiger partial charge in [0.1, 0.15) is 30.7 Å². The van der Waals surface area contributed by atoms with Gasteiger partial charge in [-0.05, 0) is 37.3 Å². The van der Waals surface area contributed by atoms with Gasteiger partial charge in [0.25, 0.3) is 0 Å². The molecule has 23 nitrogen and oxygen atoms in total. The molecule has 60 heavy (non-hydrogen) atoms. The molecular weight excluding hydrogens is 803 g/mol. The number of fused-ring (bicyclic) bond motifs is 2. The summed E-state index contributed by atoms with van der Waals surface area (Å²) in [4.78, 5) is 119. The first-order valence-electron chi connectivity index (χ1n) is 19.1. The molecule has 0 spiro atoms. The second-order valence-electron chi connectivity index (χ2n) is 14.3. The highest BCUT2D eigenvalue weighted by atomic mass is 32.2. The van der Waals surface area contributed by atoms with Crippen LogP contribution >= 0.6 is 11.8 Å². The summed E-state index contributed by atoms with van der Waals surface area (Å²) in [6.45, 7) is 0.932. The molecule has 1 aromatic heterocycles. The van der Waals surface area contributed by atoms with Crippen molar-refractivity contribution in [3.8, 4) is 0 Å². The number of aliphatic imine (C=N–C) groups is 2. The Bertz CT molecular complexity index is 2000. The van der Waals surface area contributed by atoms with Crippen LogP contribution in [0.4, 0.5) is 0 Å². The number of hydrogen-bond acceptors (Lipinski definition) is 12. The zero-order valence-electron chi connectivity index (χ0n) is 33.1. The van der Waals surface area contributed by atoms with Gasteiger partial charge in [0.05, 0.1) is 24.4 Å². The van der Waals surface area contributed by atoms with Crippen LogP contribution in [-0.2, 0) is 44.8 Å². The molecule has 24 heteroatoms. The molecule has 17 N–H and O–H groups in total. The Morgan fingerprint density at radius 3 is 2.20 bits per heavy atom. The Labute approximate surface area is 348 Å². The van der Waals surface area contributed by atoms with Crippen LogP contribution in [0, 0.1) is 0 Å². The fourth-order valence-electron chi connectivity index (χ4n) is 6.79. The Balaban J connectivity index is 1.49. The van der Waals surface area contributed by atoms with Crippen molar-refractivity contribution < 1.29 is 38.4 Å². The second-order valence-corrected chi connectivity index (χ2v) is 15.5. The molecule has 3 heterocycles. The molecule has 2 aliphatic heterocycles. The number of imide groups is 1. The van der Waals surface area contributed by atoms with Gasteiger partial charge >= 0.3 is 0 Å². The molecule has 1 aromatic carbocycles. The largest absolute Gasteiger partial charge is 0.370 e. The number of amides is 8. The van der Waals surface area contributed by atoms with Gasteiger partial charge in [-0.1, -0.05) is 18.2 Å². The number of benzene rings is 1. The molecule has 0 bridgehead atoms. The van der Waals surface area contributed by atoms with Gasteiger partial charge < -0.3 is 65.1 Å². The number of piperazine rings is 1. The quantitative estimate of drug-likeness (QED) is 0.0339. The summed E-state index contributed by atoms with van der Waals surface area (Å²) in [7, 11) is 0. The van der Waals surface area contributed by atoms with Crippen LogP contribution in [0.1, 0.15) is 44.6 Å². The summed E-state index contributed by atoms with van der Waals surface area (Å²) in [6.07, 6.45) is 2.08. The van der Waals surface area contributed by atoms with Gasteiger partial charge in [0.15, 0.2) is 11.9 Å². The predicted octanol–water partition coefficient (Wildman–Crippen LogP) is -4.75. The van der Waals surface area contributed by atoms with E-state index in [2.05, 4.69) is 36.2 Å². The summed E-state index contributed by atoms with van der Waals surface area (Å²) < 4.78 is 0. The maximum atomic E-state index is 14.1. The number of nitrogens with one attached hydrogen (secondary N) is 5. The van der Waals surface area contributed by atoms with E-state index in [9.17, 15) is 38.4 Å². The lowest BCUT2D eigenvalue weighted by Gasteiger charge is -2.49. The average molecular weight is 856 g/mol. The van der Waals surface area contributed by atoms with Crippen LogP contribution in [0.15, 0.2) is 40.4 Å². The molecule has 0 radical (unpaired) electrons. The highest BCUT2D eigenvalue weighted by Gasteiger charge is 2.49. The van der Waals surface area contributed by atoms with Gasteiger partial charge in [-0.15, -0.1) is 11.8 Å². The Hall–Kier alpha value is -6.43. The Kier molecular flexibility index (Phi) is 16.6. The lowest BCUT2D eigenvalue weighted by Crippen LogP contribution is -2.69. The number of para-hydroxylation sites is 1. The van der Waals surface area contributed by atoms with Crippen LogP contribution in [0.5, 0.6) is 0 Å². The second kappa shape index (κ2) is 21.5. The molecule has 2 aromatic rings. The van der Waals surface area contributed by atoms with Crippen molar-refractivity contribution in [2.75, 3.05) is 31.9 Å². The first-order chi connectivity index (χ1) is 28.4. The smallest absolute Gasteiger partial charge is 0.247 e. The Morgan fingerprint density at radius 1 is 0.883 bits per heavy atom. The van der Waals surface area contributed by atoms with Gasteiger partial charge in [-0.3, -0.25) is 53.7 Å². The summed E-state index contributed by atoms with van der Waals surface area (Å²) in [5.74, 6) is -6.11. The zero-order valence-corrected chi connectivity index (χ0v) is 33.9. The number of nitrogens with zero attached hydrogens (tertiary/aromatic N) is 4. The molecule has 4 rings (SSSR count). The minimum Gasteiger partial charge on any atom is -0.370 e. The fraction of sp³-hybridized carbons (Fsp3) is 0.500. The van der Waals surface area contributed by atoms with Crippen molar-refractivity contribution in [1.29, 1.82) is 0 Å². The van der Waals surface area contributed by atoms with Crippen molar-refractivity contribution >= 4 is 81.8 Å². The fourth-order valence-corrected chi connectivity index (χ4v) is 8.13. The van der Waals surface area contributed by atoms with Crippen molar-refractivity contribution in [3.63, 3.8) is 0 Å². The third-order valence-electron chi connectivity index (χ3n) is 9.61. The number of hydrogen-bond donors (Lipinski definition) is 11. The molecule has 0 aliphatic carbocycles. The van der Waals surface area contributed by atoms with Gasteiger partial charge in [0.2, 0.25) is 47.3 Å². The van der Waals surface area contributed by atoms with Crippen molar-refractivity contribution in [3.05, 3.63) is 36.0 Å². The van der Waals surface area contributed by atoms with Crippen molar-refractivity contribution in [2.45, 2.75) is 81.0 Å². The van der Waals surface area contributed by atoms with Crippen LogP contribution < -0.4 is 55.7 Å². The standard InChI is InChI=1S/C36H53N15O8S/c1-18(52)46-23(9-5-11-44-36(41)42)31(56)47-24(12-19-14-45-22-8-3-2-6-20(19)22)32(57)48-25-17-60-29-16-50(34(59)26(13-27(38)53)51(29)33(25)58)15-28(54)49-30(55)21(37)7-4-10-43-35(39)40/h2-3,6,8,14,21,23-26,29,45H,4-5,7,9-13,15-17,37H2,1H3,(H2,38,53)(H,46,52)(H,47,56)(H,48,57)(H4,39,40,43)(H4,41,42,44)(H,49,54,55)/t21-,23-,24-,25-,26-,29?/m0/s1. The number of rotatable bonds is 20. The molecule has 326 valence electrons. The molecular formula is C36H53N15O8S. The van der Waals surface area contributed by atoms with Gasteiger partial charge in [-0.2, -0.15) is 0 Å². The van der Waals surface area contributed by atoms with E-state index in [4.69, 9.17) is 34.4 Å². The number of nitrogens with two attached hydrogens (primary N) is 6. The first kappa shape index (κ1) is 46.3. The topological polar surface area (TPSA) is 388 Å². The van der Waals surface area contributed by atoms with Crippen LogP contribution in [-0.4, -0.2) is 141 Å². The third-order valence-corrected chi connectivity index (χ3v) is 10.9. The van der Waals surface area contributed by atoms with Crippen molar-refractivity contribution in [1.82, 2.24) is 36.1 Å². The van der Waals surface area contributed by atoms with Crippen LogP contribution in [0.3, 0.4) is 0 Å². The Morgan fingerprint density at radius 2 is 1.55 bits per heavy atom. The molecule has 8 amide bonds. The zero-order chi connectivity index (χ0) is 44.1. The third kappa shape index (κ3) is 13.0. The number of carbonyl (C=O) groups is 8. The average Bonchev–Trinajstić information content (AvgIpc) is 3.58. The van der Waals surface area contributed by atoms with Crippen LogP contribution in [0.2, 0.25) is 0 Å². The highest BCUT2D eigenvalue weighted by molar-refractivity contribution is 8.00. The van der Waals surface area contributed by atoms with Gasteiger partial charge in [0, 0.05) is 49.3 Å². The molecule has 2 aliphatic rings. The number of aromatic nitrogens is 1. The first-order valence-corrected chi connectivity index (χ1v) is 20.1. The number of aromatic amines is 1. The lowest BCUT2D eigenvalue weighted by molar-refractivity contribution is -0.157. The maximum Gasteiger partial charge on any atom is 0.247 e. The minimum absolute atomic E-state index is 0.0174. The molecule has 0 saturated carbocycles. The number of H-pyrrole nitrogens is 1.